The minimum atomic E-state index is -2.50. The van der Waals surface area contributed by atoms with Crippen molar-refractivity contribution in [3.05, 3.63) is 32.6 Å². The van der Waals surface area contributed by atoms with Gasteiger partial charge in [0.25, 0.3) is 11.5 Å². The molecule has 2 saturated heterocycles. The van der Waals surface area contributed by atoms with E-state index in [1.807, 2.05) is 0 Å². The highest BCUT2D eigenvalue weighted by Crippen LogP contribution is 2.56. The molecule has 0 aliphatic carbocycles. The Hall–Kier alpha value is -1.62. The minimum absolute atomic E-state index is 0.0749. The normalized spacial score (nSPS) is 28.5. The molecule has 1 aromatic rings. The number of nitrogens with zero attached hydrogens (tertiary/aromatic N) is 1. The number of ether oxygens (including phenoxy) is 2. The largest absolute Gasteiger partial charge is 0.414 e. The van der Waals surface area contributed by atoms with Crippen LogP contribution in [0.5, 0.6) is 0 Å². The van der Waals surface area contributed by atoms with E-state index in [2.05, 4.69) is 72.7 Å². The number of hydrogen-bond donors (Lipinski definition) is 3. The SMILES string of the molecule is Cc1cn([C@@H]2O[C@H](CO[Si](C)(C)C(C)(C)C)[C@]3(O[C@H]3C(=O)NO)[C@H]2O[Si](C)(C)C(C)(C)C)c(=O)[nH]c1=O. The van der Waals surface area contributed by atoms with E-state index in [0.717, 1.165) is 0 Å². The molecule has 11 nitrogen and oxygen atoms in total. The van der Waals surface area contributed by atoms with E-state index in [1.54, 1.807) is 12.4 Å². The van der Waals surface area contributed by atoms with Gasteiger partial charge in [-0.05, 0) is 43.2 Å². The Morgan fingerprint density at radius 3 is 2.22 bits per heavy atom. The Bertz CT molecular complexity index is 1150. The van der Waals surface area contributed by atoms with Gasteiger partial charge in [0.15, 0.2) is 34.6 Å². The number of H-pyrrole nitrogens is 1. The van der Waals surface area contributed by atoms with Crippen LogP contribution < -0.4 is 16.7 Å². The number of aromatic amines is 1. The Balaban J connectivity index is 2.13. The molecule has 2 aliphatic heterocycles. The molecule has 2 aliphatic rings. The number of nitrogens with one attached hydrogen (secondary N) is 2. The number of rotatable bonds is 7. The van der Waals surface area contributed by atoms with E-state index < -0.39 is 63.9 Å². The third kappa shape index (κ3) is 5.31. The summed E-state index contributed by atoms with van der Waals surface area (Å²) < 4.78 is 27.1. The van der Waals surface area contributed by atoms with Crippen LogP contribution in [0.1, 0.15) is 53.3 Å². The van der Waals surface area contributed by atoms with Gasteiger partial charge < -0.3 is 18.3 Å². The van der Waals surface area contributed by atoms with Gasteiger partial charge in [0.2, 0.25) is 0 Å². The molecule has 0 saturated carbocycles. The zero-order chi connectivity index (χ0) is 28.4. The molecule has 1 spiro atoms. The Morgan fingerprint density at radius 1 is 1.14 bits per heavy atom. The van der Waals surface area contributed by atoms with Crippen LogP contribution in [0.3, 0.4) is 0 Å². The van der Waals surface area contributed by atoms with E-state index in [9.17, 15) is 19.6 Å². The third-order valence-electron chi connectivity index (χ3n) is 8.58. The van der Waals surface area contributed by atoms with E-state index in [0.29, 0.717) is 5.56 Å². The number of amides is 1. The molecule has 0 bridgehead atoms. The number of hydroxylamine groups is 1. The maximum Gasteiger partial charge on any atom is 0.330 e. The number of carbonyl (C=O) groups excluding carboxylic acids is 1. The van der Waals surface area contributed by atoms with Gasteiger partial charge in [0, 0.05) is 11.8 Å². The zero-order valence-corrected chi connectivity index (χ0v) is 25.8. The van der Waals surface area contributed by atoms with Crippen LogP contribution in [0.25, 0.3) is 0 Å². The third-order valence-corrected chi connectivity index (χ3v) is 17.5. The first-order chi connectivity index (χ1) is 16.7. The van der Waals surface area contributed by atoms with Gasteiger partial charge in [0.1, 0.15) is 12.2 Å². The van der Waals surface area contributed by atoms with E-state index in [4.69, 9.17) is 18.3 Å². The molecule has 1 aromatic heterocycles. The molecular weight excluding hydrogens is 514 g/mol. The summed E-state index contributed by atoms with van der Waals surface area (Å²) in [7, 11) is -4.73. The zero-order valence-electron chi connectivity index (χ0n) is 23.8. The van der Waals surface area contributed by atoms with Crippen LogP contribution in [0, 0.1) is 6.92 Å². The first kappa shape index (κ1) is 29.9. The summed E-state index contributed by atoms with van der Waals surface area (Å²) in [5, 5.41) is 9.13. The molecule has 1 amide bonds. The highest BCUT2D eigenvalue weighted by atomic mass is 28.4. The lowest BCUT2D eigenvalue weighted by Crippen LogP contribution is -2.53. The molecule has 5 atom stereocenters. The Morgan fingerprint density at radius 2 is 1.70 bits per heavy atom. The summed E-state index contributed by atoms with van der Waals surface area (Å²) in [6, 6.07) is 0. The quantitative estimate of drug-likeness (QED) is 0.201. The molecule has 0 radical (unpaired) electrons. The number of aryl methyl sites for hydroxylation is 1. The Labute approximate surface area is 220 Å². The van der Waals surface area contributed by atoms with Crippen molar-refractivity contribution in [3.63, 3.8) is 0 Å². The molecule has 3 heterocycles. The molecule has 0 aromatic carbocycles. The van der Waals surface area contributed by atoms with Crippen molar-refractivity contribution in [2.45, 2.75) is 115 Å². The second-order valence-electron chi connectivity index (χ2n) is 13.2. The van der Waals surface area contributed by atoms with Gasteiger partial charge in [-0.1, -0.05) is 41.5 Å². The van der Waals surface area contributed by atoms with Crippen LogP contribution in [0.2, 0.25) is 36.3 Å². The van der Waals surface area contributed by atoms with Crippen LogP contribution in [0.15, 0.2) is 15.8 Å². The first-order valence-corrected chi connectivity index (χ1v) is 18.4. The van der Waals surface area contributed by atoms with Crippen molar-refractivity contribution in [3.8, 4) is 0 Å². The van der Waals surface area contributed by atoms with Crippen molar-refractivity contribution in [2.75, 3.05) is 6.61 Å². The molecule has 2 fully saturated rings. The average molecular weight is 558 g/mol. The van der Waals surface area contributed by atoms with Crippen molar-refractivity contribution >= 4 is 22.5 Å². The van der Waals surface area contributed by atoms with Crippen molar-refractivity contribution in [1.82, 2.24) is 15.0 Å². The second-order valence-corrected chi connectivity index (χ2v) is 22.8. The number of carbonyl (C=O) groups is 1. The predicted molar refractivity (Wildman–Crippen MR) is 143 cm³/mol. The van der Waals surface area contributed by atoms with Crippen LogP contribution in [-0.4, -0.2) is 67.8 Å². The van der Waals surface area contributed by atoms with E-state index in [-0.39, 0.29) is 16.7 Å². The van der Waals surface area contributed by atoms with Gasteiger partial charge in [-0.15, -0.1) is 0 Å². The summed E-state index contributed by atoms with van der Waals surface area (Å²) in [6.07, 6.45) is -2.29. The number of hydrogen-bond acceptors (Lipinski definition) is 8. The highest BCUT2D eigenvalue weighted by Gasteiger charge is 2.77. The van der Waals surface area contributed by atoms with Gasteiger partial charge >= 0.3 is 5.69 Å². The number of aromatic nitrogens is 2. The van der Waals surface area contributed by atoms with E-state index >= 15 is 0 Å². The van der Waals surface area contributed by atoms with Crippen LogP contribution >= 0.6 is 0 Å². The van der Waals surface area contributed by atoms with Crippen molar-refractivity contribution in [1.29, 1.82) is 0 Å². The second kappa shape index (κ2) is 9.54. The van der Waals surface area contributed by atoms with Gasteiger partial charge in [-0.3, -0.25) is 24.3 Å². The molecular formula is C24H43N3O8Si2. The van der Waals surface area contributed by atoms with Crippen molar-refractivity contribution < 1.29 is 28.3 Å². The topological polar surface area (TPSA) is 144 Å². The van der Waals surface area contributed by atoms with E-state index in [1.165, 1.54) is 10.8 Å². The minimum Gasteiger partial charge on any atom is -0.414 e. The lowest BCUT2D eigenvalue weighted by atomic mass is 9.93. The molecule has 3 rings (SSSR count). The van der Waals surface area contributed by atoms with Gasteiger partial charge in [-0.2, -0.15) is 0 Å². The predicted octanol–water partition coefficient (Wildman–Crippen LogP) is 2.80. The summed E-state index contributed by atoms with van der Waals surface area (Å²) in [5.74, 6) is -0.726. The monoisotopic (exact) mass is 557 g/mol. The fourth-order valence-electron chi connectivity index (χ4n) is 4.00. The molecule has 210 valence electrons. The van der Waals surface area contributed by atoms with Gasteiger partial charge in [-0.25, -0.2) is 10.3 Å². The fourth-order valence-corrected chi connectivity index (χ4v) is 6.29. The Kier molecular flexibility index (Phi) is 7.72. The molecule has 37 heavy (non-hydrogen) atoms. The molecule has 0 unspecified atom stereocenters. The van der Waals surface area contributed by atoms with Gasteiger partial charge in [0.05, 0.1) is 6.61 Å². The average Bonchev–Trinajstić information content (AvgIpc) is 3.42. The standard InChI is InChI=1S/C24H43N3O8Si2/c1-14-12-27(21(30)25-18(14)28)20-17(35-37(10,11)23(5,6)7)24(16(34-24)19(29)26-31)15(33-20)13-32-36(8,9)22(2,3)4/h12,15-17,20,31H,13H2,1-11H3,(H,26,29)(H,25,28,30)/t15-,16+,17+,20-,24-/m1/s1. The fraction of sp³-hybridized carbons (Fsp3) is 0.792. The summed E-state index contributed by atoms with van der Waals surface area (Å²) in [5.41, 5.74) is -0.438. The summed E-state index contributed by atoms with van der Waals surface area (Å²) in [6.45, 7) is 22.6. The van der Waals surface area contributed by atoms with Crippen molar-refractivity contribution in [2.24, 2.45) is 0 Å². The van der Waals surface area contributed by atoms with Crippen LogP contribution in [0.4, 0.5) is 0 Å². The maximum atomic E-state index is 12.9. The first-order valence-electron chi connectivity index (χ1n) is 12.6. The van der Waals surface area contributed by atoms with Crippen LogP contribution in [-0.2, 0) is 23.1 Å². The molecule has 13 heteroatoms. The number of epoxide rings is 1. The lowest BCUT2D eigenvalue weighted by Gasteiger charge is -2.40. The molecule has 3 N–H and O–H groups in total. The highest BCUT2D eigenvalue weighted by molar-refractivity contribution is 6.74. The summed E-state index contributed by atoms with van der Waals surface area (Å²) in [4.78, 5) is 40.0. The lowest BCUT2D eigenvalue weighted by molar-refractivity contribution is -0.130. The maximum absolute atomic E-state index is 12.9. The smallest absolute Gasteiger partial charge is 0.330 e. The summed E-state index contributed by atoms with van der Waals surface area (Å²) >= 11 is 0.